The molecule has 1 amide bonds. The fourth-order valence-corrected chi connectivity index (χ4v) is 2.19. The zero-order chi connectivity index (χ0) is 13.5. The Hall–Kier alpha value is -1.69. The summed E-state index contributed by atoms with van der Waals surface area (Å²) in [4.78, 5) is 20.1. The second-order valence-electron chi connectivity index (χ2n) is 4.55. The summed E-state index contributed by atoms with van der Waals surface area (Å²) < 4.78 is 4.87. The van der Waals surface area contributed by atoms with Crippen LogP contribution >= 0.6 is 0 Å². The Morgan fingerprint density at radius 3 is 3.05 bits per heavy atom. The highest BCUT2D eigenvalue weighted by molar-refractivity contribution is 5.80. The second-order valence-corrected chi connectivity index (χ2v) is 4.55. The van der Waals surface area contributed by atoms with Gasteiger partial charge in [0, 0.05) is 24.9 Å². The highest BCUT2D eigenvalue weighted by Gasteiger charge is 2.15. The molecule has 1 aromatic heterocycles. The smallest absolute Gasteiger partial charge is 0.239 e. The molecule has 1 aromatic rings. The van der Waals surface area contributed by atoms with Crippen LogP contribution in [0.4, 0.5) is 5.82 Å². The van der Waals surface area contributed by atoms with E-state index in [1.807, 2.05) is 0 Å². The summed E-state index contributed by atoms with van der Waals surface area (Å²) in [5, 5.41) is 5.86. The molecule has 2 N–H and O–H groups in total. The SMILES string of the molecule is COCCNC(=O)CNc1ncnc2c1CCCC2. The van der Waals surface area contributed by atoms with Crippen molar-refractivity contribution < 1.29 is 9.53 Å². The minimum absolute atomic E-state index is 0.0554. The van der Waals surface area contributed by atoms with E-state index in [4.69, 9.17) is 4.74 Å². The van der Waals surface area contributed by atoms with Gasteiger partial charge in [0.05, 0.1) is 13.2 Å². The van der Waals surface area contributed by atoms with Gasteiger partial charge in [0.1, 0.15) is 12.1 Å². The third-order valence-electron chi connectivity index (χ3n) is 3.17. The lowest BCUT2D eigenvalue weighted by Gasteiger charge is -2.17. The number of amides is 1. The predicted octanol–water partition coefficient (Wildman–Crippen LogP) is 0.530. The molecule has 0 aliphatic heterocycles. The molecule has 0 spiro atoms. The maximum Gasteiger partial charge on any atom is 0.239 e. The van der Waals surface area contributed by atoms with Crippen LogP contribution in [0.5, 0.6) is 0 Å². The first-order valence-corrected chi connectivity index (χ1v) is 6.63. The van der Waals surface area contributed by atoms with E-state index in [2.05, 4.69) is 20.6 Å². The molecular weight excluding hydrogens is 244 g/mol. The molecule has 6 nitrogen and oxygen atoms in total. The van der Waals surface area contributed by atoms with Gasteiger partial charge in [0.25, 0.3) is 0 Å². The lowest BCUT2D eigenvalue weighted by molar-refractivity contribution is -0.119. The number of fused-ring (bicyclic) bond motifs is 1. The first-order valence-electron chi connectivity index (χ1n) is 6.63. The second kappa shape index (κ2) is 7.04. The summed E-state index contributed by atoms with van der Waals surface area (Å²) in [7, 11) is 1.61. The Bertz CT molecular complexity index is 437. The molecular formula is C13H20N4O2. The Labute approximate surface area is 113 Å². The fraction of sp³-hybridized carbons (Fsp3) is 0.615. The monoisotopic (exact) mass is 264 g/mol. The van der Waals surface area contributed by atoms with E-state index in [9.17, 15) is 4.79 Å². The Kier molecular flexibility index (Phi) is 5.09. The molecule has 0 unspecified atom stereocenters. The molecule has 0 saturated carbocycles. The first-order chi connectivity index (χ1) is 9.31. The van der Waals surface area contributed by atoms with Gasteiger partial charge in [0.15, 0.2) is 0 Å². The van der Waals surface area contributed by atoms with Crippen molar-refractivity contribution in [3.05, 3.63) is 17.6 Å². The van der Waals surface area contributed by atoms with Gasteiger partial charge in [-0.2, -0.15) is 0 Å². The average molecular weight is 264 g/mol. The number of aryl methyl sites for hydroxylation is 1. The molecule has 0 atom stereocenters. The van der Waals surface area contributed by atoms with Gasteiger partial charge >= 0.3 is 0 Å². The van der Waals surface area contributed by atoms with Crippen LogP contribution in [0.2, 0.25) is 0 Å². The Morgan fingerprint density at radius 2 is 2.21 bits per heavy atom. The van der Waals surface area contributed by atoms with E-state index in [0.717, 1.165) is 30.8 Å². The molecule has 0 aromatic carbocycles. The molecule has 1 heterocycles. The van der Waals surface area contributed by atoms with E-state index in [1.54, 1.807) is 13.4 Å². The van der Waals surface area contributed by atoms with Crippen LogP contribution in [-0.2, 0) is 22.4 Å². The topological polar surface area (TPSA) is 76.1 Å². The number of anilines is 1. The molecule has 0 saturated heterocycles. The number of carbonyl (C=O) groups excluding carboxylic acids is 1. The molecule has 0 bridgehead atoms. The van der Waals surface area contributed by atoms with Crippen molar-refractivity contribution in [2.24, 2.45) is 0 Å². The summed E-state index contributed by atoms with van der Waals surface area (Å²) in [5.41, 5.74) is 2.28. The lowest BCUT2D eigenvalue weighted by atomic mass is 9.96. The Morgan fingerprint density at radius 1 is 1.37 bits per heavy atom. The van der Waals surface area contributed by atoms with Crippen LogP contribution in [0.1, 0.15) is 24.1 Å². The van der Waals surface area contributed by atoms with Crippen molar-refractivity contribution in [2.45, 2.75) is 25.7 Å². The number of carbonyl (C=O) groups is 1. The van der Waals surface area contributed by atoms with Crippen molar-refractivity contribution in [1.82, 2.24) is 15.3 Å². The van der Waals surface area contributed by atoms with Crippen LogP contribution in [0, 0.1) is 0 Å². The summed E-state index contributed by atoms with van der Waals surface area (Å²) in [6.45, 7) is 1.28. The molecule has 0 radical (unpaired) electrons. The normalized spacial score (nSPS) is 13.7. The number of hydrogen-bond donors (Lipinski definition) is 2. The van der Waals surface area contributed by atoms with Gasteiger partial charge in [-0.25, -0.2) is 9.97 Å². The van der Waals surface area contributed by atoms with Crippen LogP contribution in [-0.4, -0.2) is 42.7 Å². The van der Waals surface area contributed by atoms with Gasteiger partial charge in [-0.05, 0) is 25.7 Å². The average Bonchev–Trinajstić information content (AvgIpc) is 2.45. The quantitative estimate of drug-likeness (QED) is 0.733. The van der Waals surface area contributed by atoms with Crippen molar-refractivity contribution in [3.8, 4) is 0 Å². The number of ether oxygens (including phenoxy) is 1. The standard InChI is InChI=1S/C13H20N4O2/c1-19-7-6-14-12(18)8-15-13-10-4-2-3-5-11(10)16-9-17-13/h9H,2-8H2,1H3,(H,14,18)(H,15,16,17). The number of rotatable bonds is 6. The third kappa shape index (κ3) is 3.89. The van der Waals surface area contributed by atoms with Gasteiger partial charge in [-0.15, -0.1) is 0 Å². The van der Waals surface area contributed by atoms with Crippen molar-refractivity contribution in [3.63, 3.8) is 0 Å². The number of hydrogen-bond acceptors (Lipinski definition) is 5. The van der Waals surface area contributed by atoms with Crippen molar-refractivity contribution in [2.75, 3.05) is 32.1 Å². The van der Waals surface area contributed by atoms with E-state index in [0.29, 0.717) is 13.2 Å². The molecule has 2 rings (SSSR count). The summed E-state index contributed by atoms with van der Waals surface area (Å²) in [6.07, 6.45) is 5.90. The summed E-state index contributed by atoms with van der Waals surface area (Å²) >= 11 is 0. The third-order valence-corrected chi connectivity index (χ3v) is 3.17. The minimum Gasteiger partial charge on any atom is -0.383 e. The molecule has 19 heavy (non-hydrogen) atoms. The van der Waals surface area contributed by atoms with Crippen LogP contribution < -0.4 is 10.6 Å². The molecule has 0 fully saturated rings. The maximum absolute atomic E-state index is 11.6. The van der Waals surface area contributed by atoms with Gasteiger partial charge < -0.3 is 15.4 Å². The van der Waals surface area contributed by atoms with Crippen LogP contribution in [0.15, 0.2) is 6.33 Å². The van der Waals surface area contributed by atoms with Gasteiger partial charge in [0.2, 0.25) is 5.91 Å². The summed E-state index contributed by atoms with van der Waals surface area (Å²) in [6, 6.07) is 0. The zero-order valence-electron chi connectivity index (χ0n) is 11.2. The molecule has 1 aliphatic rings. The fourth-order valence-electron chi connectivity index (χ4n) is 2.19. The number of aromatic nitrogens is 2. The zero-order valence-corrected chi connectivity index (χ0v) is 11.2. The number of nitrogens with zero attached hydrogens (tertiary/aromatic N) is 2. The van der Waals surface area contributed by atoms with Crippen molar-refractivity contribution >= 4 is 11.7 Å². The van der Waals surface area contributed by atoms with E-state index in [1.165, 1.54) is 12.0 Å². The highest BCUT2D eigenvalue weighted by atomic mass is 16.5. The molecule has 6 heteroatoms. The number of nitrogens with one attached hydrogen (secondary N) is 2. The first kappa shape index (κ1) is 13.7. The van der Waals surface area contributed by atoms with Gasteiger partial charge in [-0.1, -0.05) is 0 Å². The largest absolute Gasteiger partial charge is 0.383 e. The molecule has 104 valence electrons. The van der Waals surface area contributed by atoms with E-state index >= 15 is 0 Å². The lowest BCUT2D eigenvalue weighted by Crippen LogP contribution is -2.32. The van der Waals surface area contributed by atoms with Crippen molar-refractivity contribution in [1.29, 1.82) is 0 Å². The van der Waals surface area contributed by atoms with E-state index < -0.39 is 0 Å². The predicted molar refractivity (Wildman–Crippen MR) is 72.0 cm³/mol. The minimum atomic E-state index is -0.0554. The van der Waals surface area contributed by atoms with E-state index in [-0.39, 0.29) is 12.5 Å². The molecule has 1 aliphatic carbocycles. The van der Waals surface area contributed by atoms with Gasteiger partial charge in [-0.3, -0.25) is 4.79 Å². The van der Waals surface area contributed by atoms with Crippen LogP contribution in [0.25, 0.3) is 0 Å². The highest BCUT2D eigenvalue weighted by Crippen LogP contribution is 2.23. The maximum atomic E-state index is 11.6. The van der Waals surface area contributed by atoms with Crippen LogP contribution in [0.3, 0.4) is 0 Å². The summed E-state index contributed by atoms with van der Waals surface area (Å²) in [5.74, 6) is 0.742. The Balaban J connectivity index is 1.87. The number of methoxy groups -OCH3 is 1.